The summed E-state index contributed by atoms with van der Waals surface area (Å²) >= 11 is 0. The van der Waals surface area contributed by atoms with Gasteiger partial charge in [0.2, 0.25) is 0 Å². The van der Waals surface area contributed by atoms with Crippen molar-refractivity contribution < 1.29 is 15.0 Å². The fraction of sp³-hybridized carbons (Fsp3) is 0.417. The predicted octanol–water partition coefficient (Wildman–Crippen LogP) is 0.374. The molecular weight excluding hydrogens is 206 g/mol. The standard InChI is InChI=1S/C12H15NO3/c13-12(16,11(15)9-3-4-9)10-5-1-8(7-14)2-6-10/h1-2,5-7,9,11,15-16H,3-4,13H2/t11-,12-/m1/s1. The summed E-state index contributed by atoms with van der Waals surface area (Å²) in [6.45, 7) is 0. The van der Waals surface area contributed by atoms with Gasteiger partial charge in [0.25, 0.3) is 0 Å². The Labute approximate surface area is 93.7 Å². The maximum Gasteiger partial charge on any atom is 0.166 e. The third-order valence-corrected chi connectivity index (χ3v) is 3.03. The van der Waals surface area contributed by atoms with Crippen LogP contribution in [0.15, 0.2) is 24.3 Å². The Morgan fingerprint density at radius 1 is 1.38 bits per heavy atom. The van der Waals surface area contributed by atoms with Crippen molar-refractivity contribution in [3.8, 4) is 0 Å². The highest BCUT2D eigenvalue weighted by atomic mass is 16.4. The van der Waals surface area contributed by atoms with E-state index in [0.29, 0.717) is 11.1 Å². The molecule has 1 fully saturated rings. The van der Waals surface area contributed by atoms with Gasteiger partial charge in [0.15, 0.2) is 5.72 Å². The van der Waals surface area contributed by atoms with Gasteiger partial charge in [-0.05, 0) is 18.8 Å². The lowest BCUT2D eigenvalue weighted by atomic mass is 9.94. The normalized spacial score (nSPS) is 21.2. The number of aldehydes is 1. The first-order chi connectivity index (χ1) is 7.55. The van der Waals surface area contributed by atoms with Gasteiger partial charge < -0.3 is 10.2 Å². The monoisotopic (exact) mass is 221 g/mol. The molecule has 0 radical (unpaired) electrons. The van der Waals surface area contributed by atoms with Gasteiger partial charge in [-0.15, -0.1) is 0 Å². The van der Waals surface area contributed by atoms with Crippen molar-refractivity contribution in [2.45, 2.75) is 24.7 Å². The van der Waals surface area contributed by atoms with Gasteiger partial charge >= 0.3 is 0 Å². The first kappa shape index (κ1) is 11.3. The Bertz CT molecular complexity index is 382. The lowest BCUT2D eigenvalue weighted by Gasteiger charge is -2.29. The molecule has 1 aliphatic rings. The first-order valence-electron chi connectivity index (χ1n) is 5.30. The molecule has 0 heterocycles. The highest BCUT2D eigenvalue weighted by Crippen LogP contribution is 2.38. The van der Waals surface area contributed by atoms with Gasteiger partial charge in [-0.3, -0.25) is 10.5 Å². The lowest BCUT2D eigenvalue weighted by Crippen LogP contribution is -2.48. The SMILES string of the molecule is N[C@@](O)(c1ccc(C=O)cc1)[C@H](O)C1CC1. The largest absolute Gasteiger partial charge is 0.388 e. The summed E-state index contributed by atoms with van der Waals surface area (Å²) in [4.78, 5) is 10.5. The summed E-state index contributed by atoms with van der Waals surface area (Å²) in [6.07, 6.45) is 1.56. The second kappa shape index (κ2) is 3.97. The molecule has 0 amide bonds. The van der Waals surface area contributed by atoms with Crippen molar-refractivity contribution in [1.29, 1.82) is 0 Å². The molecule has 0 unspecified atom stereocenters. The zero-order valence-corrected chi connectivity index (χ0v) is 8.84. The van der Waals surface area contributed by atoms with E-state index in [4.69, 9.17) is 5.73 Å². The number of aliphatic hydroxyl groups excluding tert-OH is 1. The van der Waals surface area contributed by atoms with Gasteiger partial charge in [0, 0.05) is 11.1 Å². The minimum Gasteiger partial charge on any atom is -0.388 e. The van der Waals surface area contributed by atoms with E-state index >= 15 is 0 Å². The van der Waals surface area contributed by atoms with Crippen LogP contribution in [0.3, 0.4) is 0 Å². The Morgan fingerprint density at radius 3 is 2.38 bits per heavy atom. The van der Waals surface area contributed by atoms with E-state index in [1.807, 2.05) is 0 Å². The fourth-order valence-electron chi connectivity index (χ4n) is 1.77. The van der Waals surface area contributed by atoms with Crippen molar-refractivity contribution >= 4 is 6.29 Å². The predicted molar refractivity (Wildman–Crippen MR) is 58.6 cm³/mol. The zero-order chi connectivity index (χ0) is 11.8. The van der Waals surface area contributed by atoms with Crippen LogP contribution in [-0.2, 0) is 5.72 Å². The maximum absolute atomic E-state index is 10.5. The van der Waals surface area contributed by atoms with E-state index in [-0.39, 0.29) is 5.92 Å². The van der Waals surface area contributed by atoms with Crippen molar-refractivity contribution in [3.63, 3.8) is 0 Å². The summed E-state index contributed by atoms with van der Waals surface area (Å²) in [5, 5.41) is 19.9. The fourth-order valence-corrected chi connectivity index (χ4v) is 1.77. The van der Waals surface area contributed by atoms with Gasteiger partial charge in [-0.1, -0.05) is 24.3 Å². The van der Waals surface area contributed by atoms with E-state index in [2.05, 4.69) is 0 Å². The molecule has 1 aliphatic carbocycles. The van der Waals surface area contributed by atoms with Crippen molar-refractivity contribution in [1.82, 2.24) is 0 Å². The summed E-state index contributed by atoms with van der Waals surface area (Å²) < 4.78 is 0. The number of hydrogen-bond acceptors (Lipinski definition) is 4. The van der Waals surface area contributed by atoms with Crippen LogP contribution in [-0.4, -0.2) is 22.6 Å². The molecule has 86 valence electrons. The quantitative estimate of drug-likeness (QED) is 0.507. The minimum absolute atomic E-state index is 0.0840. The molecule has 0 aromatic heterocycles. The molecule has 4 heteroatoms. The summed E-state index contributed by atoms with van der Waals surface area (Å²) in [7, 11) is 0. The Kier molecular flexibility index (Phi) is 2.80. The van der Waals surface area contributed by atoms with Crippen LogP contribution in [0, 0.1) is 5.92 Å². The van der Waals surface area contributed by atoms with Crippen LogP contribution in [0.4, 0.5) is 0 Å². The molecule has 1 aromatic carbocycles. The van der Waals surface area contributed by atoms with Crippen LogP contribution < -0.4 is 5.73 Å². The number of carbonyl (C=O) groups is 1. The van der Waals surface area contributed by atoms with Crippen molar-refractivity contribution in [2.75, 3.05) is 0 Å². The van der Waals surface area contributed by atoms with Gasteiger partial charge in [-0.25, -0.2) is 0 Å². The highest BCUT2D eigenvalue weighted by molar-refractivity contribution is 5.74. The molecule has 0 aliphatic heterocycles. The molecule has 0 bridgehead atoms. The average Bonchev–Trinajstić information content (AvgIpc) is 3.12. The molecule has 0 saturated heterocycles. The van der Waals surface area contributed by atoms with Crippen LogP contribution in [0.25, 0.3) is 0 Å². The van der Waals surface area contributed by atoms with E-state index in [0.717, 1.165) is 19.1 Å². The number of carbonyl (C=O) groups excluding carboxylic acids is 1. The maximum atomic E-state index is 10.5. The third kappa shape index (κ3) is 2.00. The molecule has 4 N–H and O–H groups in total. The van der Waals surface area contributed by atoms with Crippen LogP contribution in [0.2, 0.25) is 0 Å². The second-order valence-corrected chi connectivity index (χ2v) is 4.35. The molecule has 4 nitrogen and oxygen atoms in total. The van der Waals surface area contributed by atoms with Crippen LogP contribution in [0.5, 0.6) is 0 Å². The average molecular weight is 221 g/mol. The molecular formula is C12H15NO3. The van der Waals surface area contributed by atoms with Gasteiger partial charge in [0.1, 0.15) is 12.4 Å². The van der Waals surface area contributed by atoms with E-state index in [1.165, 1.54) is 0 Å². The number of nitrogens with two attached hydrogens (primary N) is 1. The van der Waals surface area contributed by atoms with Crippen molar-refractivity contribution in [2.24, 2.45) is 11.7 Å². The Morgan fingerprint density at radius 2 is 1.94 bits per heavy atom. The van der Waals surface area contributed by atoms with Crippen LogP contribution >= 0.6 is 0 Å². The molecule has 2 atom stereocenters. The zero-order valence-electron chi connectivity index (χ0n) is 8.84. The lowest BCUT2D eigenvalue weighted by molar-refractivity contribution is -0.0863. The Hall–Kier alpha value is -1.23. The summed E-state index contributed by atoms with van der Waals surface area (Å²) in [5.74, 6) is 0.0840. The molecule has 2 rings (SSSR count). The van der Waals surface area contributed by atoms with Gasteiger partial charge in [0.05, 0.1) is 0 Å². The van der Waals surface area contributed by atoms with Crippen molar-refractivity contribution in [3.05, 3.63) is 35.4 Å². The number of aliphatic hydroxyl groups is 2. The first-order valence-corrected chi connectivity index (χ1v) is 5.30. The smallest absolute Gasteiger partial charge is 0.166 e. The Balaban J connectivity index is 2.23. The topological polar surface area (TPSA) is 83.5 Å². The van der Waals surface area contributed by atoms with Crippen LogP contribution in [0.1, 0.15) is 28.8 Å². The third-order valence-electron chi connectivity index (χ3n) is 3.03. The molecule has 1 saturated carbocycles. The molecule has 1 aromatic rings. The summed E-state index contributed by atoms with van der Waals surface area (Å²) in [6, 6.07) is 6.27. The molecule has 0 spiro atoms. The van der Waals surface area contributed by atoms with E-state index in [1.54, 1.807) is 24.3 Å². The minimum atomic E-state index is -1.73. The van der Waals surface area contributed by atoms with E-state index < -0.39 is 11.8 Å². The molecule has 16 heavy (non-hydrogen) atoms. The van der Waals surface area contributed by atoms with Gasteiger partial charge in [-0.2, -0.15) is 0 Å². The number of benzene rings is 1. The van der Waals surface area contributed by atoms with E-state index in [9.17, 15) is 15.0 Å². The number of hydrogen-bond donors (Lipinski definition) is 3. The second-order valence-electron chi connectivity index (χ2n) is 4.35. The highest BCUT2D eigenvalue weighted by Gasteiger charge is 2.43. The summed E-state index contributed by atoms with van der Waals surface area (Å²) in [5.41, 5.74) is 4.94. The number of rotatable bonds is 4.